The Balaban J connectivity index is 4.16. The lowest BCUT2D eigenvalue weighted by molar-refractivity contribution is -0.161. The van der Waals surface area contributed by atoms with Gasteiger partial charge in [-0.1, -0.05) is 217 Å². The molecule has 0 spiro atoms. The van der Waals surface area contributed by atoms with Crippen LogP contribution in [0.2, 0.25) is 0 Å². The molecule has 370 valence electrons. The first-order valence-corrected chi connectivity index (χ1v) is 27.4. The molecular formula is C52H97O10P. The van der Waals surface area contributed by atoms with E-state index in [0.717, 1.165) is 57.8 Å². The molecule has 0 aliphatic heterocycles. The van der Waals surface area contributed by atoms with Crippen LogP contribution in [0.15, 0.2) is 36.5 Å². The molecule has 0 aromatic carbocycles. The third-order valence-corrected chi connectivity index (χ3v) is 12.2. The Hall–Kier alpha value is -1.81. The maximum absolute atomic E-state index is 12.7. The van der Waals surface area contributed by atoms with Crippen LogP contribution in [-0.2, 0) is 32.7 Å². The van der Waals surface area contributed by atoms with Gasteiger partial charge in [0.1, 0.15) is 12.7 Å². The highest BCUT2D eigenvalue weighted by molar-refractivity contribution is 7.47. The number of carbonyl (C=O) groups excluding carboxylic acids is 2. The van der Waals surface area contributed by atoms with E-state index in [9.17, 15) is 24.2 Å². The van der Waals surface area contributed by atoms with Crippen LogP contribution in [0.25, 0.3) is 0 Å². The van der Waals surface area contributed by atoms with Crippen LogP contribution in [0.5, 0.6) is 0 Å². The summed E-state index contributed by atoms with van der Waals surface area (Å²) in [6.07, 6.45) is 52.6. The predicted octanol–water partition coefficient (Wildman–Crippen LogP) is 14.7. The molecule has 0 bridgehead atoms. The van der Waals surface area contributed by atoms with Crippen LogP contribution in [0.4, 0.5) is 0 Å². The molecule has 0 fully saturated rings. The van der Waals surface area contributed by atoms with E-state index in [4.69, 9.17) is 23.6 Å². The Morgan fingerprint density at radius 3 is 1.27 bits per heavy atom. The zero-order chi connectivity index (χ0) is 46.2. The largest absolute Gasteiger partial charge is 0.472 e. The van der Waals surface area contributed by atoms with E-state index in [1.54, 1.807) is 0 Å². The molecular weight excluding hydrogens is 816 g/mol. The number of ether oxygens (including phenoxy) is 2. The number of hydrogen-bond donors (Lipinski definition) is 3. The van der Waals surface area contributed by atoms with Gasteiger partial charge in [-0.05, 0) is 51.4 Å². The van der Waals surface area contributed by atoms with Crippen molar-refractivity contribution in [2.45, 2.75) is 257 Å². The van der Waals surface area contributed by atoms with Crippen LogP contribution in [0.3, 0.4) is 0 Å². The molecule has 0 aromatic heterocycles. The molecule has 3 N–H and O–H groups in total. The van der Waals surface area contributed by atoms with E-state index in [2.05, 4.69) is 50.3 Å². The van der Waals surface area contributed by atoms with E-state index in [1.807, 2.05) is 0 Å². The van der Waals surface area contributed by atoms with Gasteiger partial charge in [-0.15, -0.1) is 0 Å². The summed E-state index contributed by atoms with van der Waals surface area (Å²) in [5, 5.41) is 18.4. The highest BCUT2D eigenvalue weighted by atomic mass is 31.2. The Bertz CT molecular complexity index is 1140. The van der Waals surface area contributed by atoms with Crippen LogP contribution < -0.4 is 0 Å². The maximum atomic E-state index is 12.7. The first kappa shape index (κ1) is 61.2. The zero-order valence-electron chi connectivity index (χ0n) is 40.5. The van der Waals surface area contributed by atoms with Gasteiger partial charge in [0.2, 0.25) is 0 Å². The highest BCUT2D eigenvalue weighted by Crippen LogP contribution is 2.43. The third kappa shape index (κ3) is 48.0. The Morgan fingerprint density at radius 2 is 0.825 bits per heavy atom. The van der Waals surface area contributed by atoms with Crippen LogP contribution in [-0.4, -0.2) is 65.7 Å². The lowest BCUT2D eigenvalue weighted by Crippen LogP contribution is -2.29. The second-order valence-corrected chi connectivity index (χ2v) is 19.0. The summed E-state index contributed by atoms with van der Waals surface area (Å²) in [4.78, 5) is 35.2. The number of phosphoric ester groups is 1. The number of rotatable bonds is 49. The summed E-state index contributed by atoms with van der Waals surface area (Å²) >= 11 is 0. The quantitative estimate of drug-likeness (QED) is 0.0233. The van der Waals surface area contributed by atoms with Gasteiger partial charge in [0, 0.05) is 12.8 Å². The number of allylic oxidation sites excluding steroid dienone is 6. The fourth-order valence-corrected chi connectivity index (χ4v) is 8.09. The molecule has 63 heavy (non-hydrogen) atoms. The molecule has 0 aromatic rings. The highest BCUT2D eigenvalue weighted by Gasteiger charge is 2.27. The van der Waals surface area contributed by atoms with Crippen molar-refractivity contribution in [3.05, 3.63) is 36.5 Å². The van der Waals surface area contributed by atoms with Crippen molar-refractivity contribution in [2.75, 3.05) is 26.4 Å². The molecule has 10 nitrogen and oxygen atoms in total. The molecule has 3 atom stereocenters. The molecule has 0 amide bonds. The van der Waals surface area contributed by atoms with Gasteiger partial charge in [0.15, 0.2) is 6.10 Å². The summed E-state index contributed by atoms with van der Waals surface area (Å²) in [6, 6.07) is 0. The van der Waals surface area contributed by atoms with Gasteiger partial charge in [0.05, 0.1) is 19.8 Å². The van der Waals surface area contributed by atoms with E-state index >= 15 is 0 Å². The summed E-state index contributed by atoms with van der Waals surface area (Å²) in [7, 11) is -4.63. The summed E-state index contributed by atoms with van der Waals surface area (Å²) in [6.45, 7) is 2.37. The van der Waals surface area contributed by atoms with Gasteiger partial charge in [-0.3, -0.25) is 18.6 Å². The molecule has 0 heterocycles. The number of phosphoric acid groups is 1. The van der Waals surface area contributed by atoms with Crippen LogP contribution >= 0.6 is 7.82 Å². The van der Waals surface area contributed by atoms with Crippen molar-refractivity contribution in [1.82, 2.24) is 0 Å². The topological polar surface area (TPSA) is 149 Å². The fraction of sp³-hybridized carbons (Fsp3) is 0.846. The summed E-state index contributed by atoms with van der Waals surface area (Å²) < 4.78 is 32.9. The minimum absolute atomic E-state index is 0.183. The van der Waals surface area contributed by atoms with Gasteiger partial charge in [-0.2, -0.15) is 0 Å². The van der Waals surface area contributed by atoms with Gasteiger partial charge >= 0.3 is 19.8 Å². The van der Waals surface area contributed by atoms with E-state index < -0.39 is 51.8 Å². The van der Waals surface area contributed by atoms with Gasteiger partial charge in [0.25, 0.3) is 0 Å². The lowest BCUT2D eigenvalue weighted by Gasteiger charge is -2.20. The first-order chi connectivity index (χ1) is 30.7. The Labute approximate surface area is 386 Å². The lowest BCUT2D eigenvalue weighted by atomic mass is 10.0. The fourth-order valence-electron chi connectivity index (χ4n) is 7.30. The average molecular weight is 913 g/mol. The van der Waals surface area contributed by atoms with Crippen LogP contribution in [0, 0.1) is 0 Å². The molecule has 1 unspecified atom stereocenters. The van der Waals surface area contributed by atoms with E-state index in [-0.39, 0.29) is 19.4 Å². The predicted molar refractivity (Wildman–Crippen MR) is 261 cm³/mol. The molecule has 0 aliphatic rings. The molecule has 0 saturated carbocycles. The molecule has 0 radical (unpaired) electrons. The first-order valence-electron chi connectivity index (χ1n) is 25.9. The molecule has 0 saturated heterocycles. The number of carbonyl (C=O) groups is 2. The molecule has 11 heteroatoms. The van der Waals surface area contributed by atoms with Crippen LogP contribution in [0.1, 0.15) is 245 Å². The maximum Gasteiger partial charge on any atom is 0.472 e. The molecule has 0 rings (SSSR count). The van der Waals surface area contributed by atoms with Crippen molar-refractivity contribution in [3.63, 3.8) is 0 Å². The van der Waals surface area contributed by atoms with Crippen molar-refractivity contribution in [1.29, 1.82) is 0 Å². The van der Waals surface area contributed by atoms with Crippen molar-refractivity contribution in [2.24, 2.45) is 0 Å². The second-order valence-electron chi connectivity index (χ2n) is 17.6. The third-order valence-electron chi connectivity index (χ3n) is 11.3. The Morgan fingerprint density at radius 1 is 0.476 bits per heavy atom. The summed E-state index contributed by atoms with van der Waals surface area (Å²) in [5.74, 6) is -0.939. The van der Waals surface area contributed by atoms with Gasteiger partial charge < -0.3 is 24.6 Å². The van der Waals surface area contributed by atoms with E-state index in [1.165, 1.54) is 148 Å². The normalized spacial score (nSPS) is 13.9. The SMILES string of the molecule is CCCCC/C=C/C/C=C/C/C=C/CCCCCCC(=O)OC[C@H](COP(=O)(O)OC[C@@H](O)CO)OC(=O)CCCCCCCCCCCCCCCCCCCCCCCCC. The Kier molecular flexibility index (Phi) is 46.7. The smallest absolute Gasteiger partial charge is 0.462 e. The zero-order valence-corrected chi connectivity index (χ0v) is 41.4. The standard InChI is InChI=1S/C52H97O10P/c1-3-5-7-9-11-13-15-17-19-21-22-23-24-25-26-28-30-32-34-36-38-40-42-44-52(56)62-50(48-61-63(57,58)60-46-49(54)45-53)47-59-51(55)43-41-39-37-35-33-31-29-27-20-18-16-14-12-10-8-6-4-2/h12,14,18,20,29,31,49-50,53-54H,3-11,13,15-17,19,21-28,30,32-48H2,1-2H3,(H,57,58)/b14-12+,20-18+,31-29+/t49-,50+/m0/s1. The minimum Gasteiger partial charge on any atom is -0.462 e. The second kappa shape index (κ2) is 48.1. The number of aliphatic hydroxyl groups is 2. The minimum atomic E-state index is -4.63. The van der Waals surface area contributed by atoms with E-state index in [0.29, 0.717) is 12.8 Å². The number of esters is 2. The monoisotopic (exact) mass is 913 g/mol. The molecule has 0 aliphatic carbocycles. The number of aliphatic hydroxyl groups excluding tert-OH is 2. The van der Waals surface area contributed by atoms with Crippen molar-refractivity contribution >= 4 is 19.8 Å². The summed E-state index contributed by atoms with van der Waals surface area (Å²) in [5.41, 5.74) is 0. The van der Waals surface area contributed by atoms with Crippen molar-refractivity contribution in [3.8, 4) is 0 Å². The average Bonchev–Trinajstić information content (AvgIpc) is 3.27. The number of hydrogen-bond acceptors (Lipinski definition) is 9. The van der Waals surface area contributed by atoms with Gasteiger partial charge in [-0.25, -0.2) is 4.57 Å². The van der Waals surface area contributed by atoms with Crippen molar-refractivity contribution < 1.29 is 47.8 Å². The number of unbranched alkanes of at least 4 members (excludes halogenated alkanes) is 29.